The highest BCUT2D eigenvalue weighted by Crippen LogP contribution is 2.16. The van der Waals surface area contributed by atoms with Crippen LogP contribution >= 0.6 is 0 Å². The first kappa shape index (κ1) is 13.7. The maximum absolute atomic E-state index is 8.89. The summed E-state index contributed by atoms with van der Waals surface area (Å²) < 4.78 is 5.04. The van der Waals surface area contributed by atoms with Crippen molar-refractivity contribution < 1.29 is 14.8 Å². The van der Waals surface area contributed by atoms with Crippen LogP contribution in [0.25, 0.3) is 6.08 Å². The average molecular weight is 208 g/mol. The fourth-order valence-electron chi connectivity index (χ4n) is 1.07. The van der Waals surface area contributed by atoms with Crippen LogP contribution in [0.3, 0.4) is 0 Å². The molecule has 0 aliphatic heterocycles. The first-order valence-corrected chi connectivity index (χ1v) is 4.85. The summed E-state index contributed by atoms with van der Waals surface area (Å²) in [7, 11) is 0.0989. The van der Waals surface area contributed by atoms with Crippen molar-refractivity contribution in [3.8, 4) is 5.75 Å². The number of rotatable bonds is 3. The van der Waals surface area contributed by atoms with Gasteiger partial charge in [-0.1, -0.05) is 38.6 Å². The molecule has 3 nitrogen and oxygen atoms in total. The van der Waals surface area contributed by atoms with Gasteiger partial charge in [-0.15, -0.1) is 0 Å². The van der Waals surface area contributed by atoms with Gasteiger partial charge in [-0.2, -0.15) is 0 Å². The van der Waals surface area contributed by atoms with Crippen LogP contribution in [0.5, 0.6) is 5.75 Å². The van der Waals surface area contributed by atoms with Crippen LogP contribution in [-0.2, 0) is 0 Å². The lowest BCUT2D eigenvalue weighted by atomic mass is 9.79. The maximum atomic E-state index is 8.89. The van der Waals surface area contributed by atoms with Gasteiger partial charge in [0, 0.05) is 5.56 Å². The lowest BCUT2D eigenvalue weighted by Crippen LogP contribution is -2.29. The summed E-state index contributed by atoms with van der Waals surface area (Å²) in [5, 5.41) is 17.8. The van der Waals surface area contributed by atoms with Crippen molar-refractivity contribution in [2.45, 2.75) is 13.8 Å². The third-order valence-electron chi connectivity index (χ3n) is 1.77. The summed E-state index contributed by atoms with van der Waals surface area (Å²) in [6.45, 7) is 7.60. The molecule has 0 unspecified atom stereocenters. The average Bonchev–Trinajstić information content (AvgIpc) is 2.30. The monoisotopic (exact) mass is 208 g/mol. The van der Waals surface area contributed by atoms with E-state index in [9.17, 15) is 0 Å². The van der Waals surface area contributed by atoms with Gasteiger partial charge in [0.2, 0.25) is 0 Å². The van der Waals surface area contributed by atoms with E-state index in [1.165, 1.54) is 0 Å². The zero-order chi connectivity index (χ0) is 11.8. The van der Waals surface area contributed by atoms with Crippen LogP contribution in [0.1, 0.15) is 19.4 Å². The second-order valence-electron chi connectivity index (χ2n) is 2.58. The quantitative estimate of drug-likeness (QED) is 0.729. The second-order valence-corrected chi connectivity index (χ2v) is 2.58. The summed E-state index contributed by atoms with van der Waals surface area (Å²) in [5.41, 5.74) is 1.17. The first-order chi connectivity index (χ1) is 7.19. The molecule has 0 bridgehead atoms. The normalized spacial score (nSPS) is 8.60. The molecule has 0 aliphatic rings. The van der Waals surface area contributed by atoms with Crippen molar-refractivity contribution in [2.75, 3.05) is 7.11 Å². The smallest absolute Gasteiger partial charge is 0.488 e. The SMILES string of the molecule is C=Cc1cc(B(O)O)ccc1OC.CC. The van der Waals surface area contributed by atoms with Crippen molar-refractivity contribution in [1.29, 1.82) is 0 Å². The highest BCUT2D eigenvalue weighted by molar-refractivity contribution is 6.58. The van der Waals surface area contributed by atoms with Gasteiger partial charge >= 0.3 is 7.12 Å². The van der Waals surface area contributed by atoms with Crippen molar-refractivity contribution in [1.82, 2.24) is 0 Å². The van der Waals surface area contributed by atoms with E-state index in [1.807, 2.05) is 13.8 Å². The fourth-order valence-corrected chi connectivity index (χ4v) is 1.07. The van der Waals surface area contributed by atoms with Gasteiger partial charge in [0.05, 0.1) is 7.11 Å². The van der Waals surface area contributed by atoms with E-state index in [4.69, 9.17) is 14.8 Å². The van der Waals surface area contributed by atoms with E-state index in [0.29, 0.717) is 11.2 Å². The van der Waals surface area contributed by atoms with Gasteiger partial charge in [0.25, 0.3) is 0 Å². The third kappa shape index (κ3) is 3.77. The summed E-state index contributed by atoms with van der Waals surface area (Å²) >= 11 is 0. The predicted molar refractivity (Wildman–Crippen MR) is 64.3 cm³/mol. The Balaban J connectivity index is 0.000000921. The molecule has 0 saturated carbocycles. The van der Waals surface area contributed by atoms with Gasteiger partial charge in [-0.25, -0.2) is 0 Å². The number of ether oxygens (including phenoxy) is 1. The Morgan fingerprint density at radius 1 is 1.33 bits per heavy atom. The zero-order valence-corrected chi connectivity index (χ0v) is 9.40. The van der Waals surface area contributed by atoms with Crippen molar-refractivity contribution in [3.63, 3.8) is 0 Å². The molecule has 0 aromatic heterocycles. The summed E-state index contributed by atoms with van der Waals surface area (Å²) in [6, 6.07) is 4.89. The van der Waals surface area contributed by atoms with Gasteiger partial charge in [-0.3, -0.25) is 0 Å². The molecule has 0 aliphatic carbocycles. The minimum atomic E-state index is -1.45. The molecule has 0 radical (unpaired) electrons. The Morgan fingerprint density at radius 3 is 2.33 bits per heavy atom. The molecule has 0 saturated heterocycles. The Hall–Kier alpha value is -1.26. The van der Waals surface area contributed by atoms with Gasteiger partial charge in [-0.05, 0) is 11.5 Å². The topological polar surface area (TPSA) is 49.7 Å². The van der Waals surface area contributed by atoms with Gasteiger partial charge in [0.1, 0.15) is 5.75 Å². The fraction of sp³-hybridized carbons (Fsp3) is 0.273. The minimum Gasteiger partial charge on any atom is -0.496 e. The molecule has 0 spiro atoms. The first-order valence-electron chi connectivity index (χ1n) is 4.85. The molecule has 2 N–H and O–H groups in total. The maximum Gasteiger partial charge on any atom is 0.488 e. The molecule has 0 amide bonds. The Labute approximate surface area is 91.2 Å². The largest absolute Gasteiger partial charge is 0.496 e. The van der Waals surface area contributed by atoms with Crippen molar-refractivity contribution in [2.24, 2.45) is 0 Å². The van der Waals surface area contributed by atoms with E-state index in [-0.39, 0.29) is 0 Å². The van der Waals surface area contributed by atoms with Gasteiger partial charge < -0.3 is 14.8 Å². The lowest BCUT2D eigenvalue weighted by Gasteiger charge is -2.06. The third-order valence-corrected chi connectivity index (χ3v) is 1.77. The molecule has 0 atom stereocenters. The minimum absolute atomic E-state index is 0.427. The second kappa shape index (κ2) is 7.09. The number of methoxy groups -OCH3 is 1. The lowest BCUT2D eigenvalue weighted by molar-refractivity contribution is 0.413. The highest BCUT2D eigenvalue weighted by Gasteiger charge is 2.12. The Bertz CT molecular complexity index is 311. The van der Waals surface area contributed by atoms with Crippen molar-refractivity contribution >= 4 is 18.7 Å². The standard InChI is InChI=1S/C9H11BO3.C2H6/c1-3-7-6-8(10(11)12)4-5-9(7)13-2;1-2/h3-6,11-12H,1H2,2H3;1-2H3. The predicted octanol–water partition coefficient (Wildman–Crippen LogP) is 1.04. The van der Waals surface area contributed by atoms with Crippen LogP contribution in [0.2, 0.25) is 0 Å². The van der Waals surface area contributed by atoms with Crippen LogP contribution in [0.4, 0.5) is 0 Å². The molecule has 1 rings (SSSR count). The summed E-state index contributed by atoms with van der Waals surface area (Å²) in [4.78, 5) is 0. The van der Waals surface area contributed by atoms with E-state index < -0.39 is 7.12 Å². The van der Waals surface area contributed by atoms with E-state index in [1.54, 1.807) is 31.4 Å². The van der Waals surface area contributed by atoms with Crippen molar-refractivity contribution in [3.05, 3.63) is 30.3 Å². The molecule has 4 heteroatoms. The number of benzene rings is 1. The summed E-state index contributed by atoms with van der Waals surface area (Å²) in [5.74, 6) is 0.666. The van der Waals surface area contributed by atoms with Crippen LogP contribution in [-0.4, -0.2) is 24.3 Å². The summed E-state index contributed by atoms with van der Waals surface area (Å²) in [6.07, 6.45) is 1.60. The molecule has 82 valence electrons. The van der Waals surface area contributed by atoms with Crippen LogP contribution < -0.4 is 10.2 Å². The van der Waals surface area contributed by atoms with E-state index in [0.717, 1.165) is 5.56 Å². The molecule has 0 heterocycles. The molecule has 1 aromatic rings. The Morgan fingerprint density at radius 2 is 1.93 bits per heavy atom. The van der Waals surface area contributed by atoms with E-state index in [2.05, 4.69) is 6.58 Å². The van der Waals surface area contributed by atoms with Crippen LogP contribution in [0.15, 0.2) is 24.8 Å². The van der Waals surface area contributed by atoms with Gasteiger partial charge in [0.15, 0.2) is 0 Å². The van der Waals surface area contributed by atoms with Crippen LogP contribution in [0, 0.1) is 0 Å². The highest BCUT2D eigenvalue weighted by atomic mass is 16.5. The zero-order valence-electron chi connectivity index (χ0n) is 9.40. The number of hydrogen-bond acceptors (Lipinski definition) is 3. The number of hydrogen-bond donors (Lipinski definition) is 2. The molecule has 0 fully saturated rings. The molecular formula is C11H17BO3. The Kier molecular flexibility index (Phi) is 6.50. The van der Waals surface area contributed by atoms with E-state index >= 15 is 0 Å². The molecular weight excluding hydrogens is 191 g/mol. The molecule has 1 aromatic carbocycles. The molecule has 15 heavy (non-hydrogen) atoms.